The zero-order chi connectivity index (χ0) is 30.5. The van der Waals surface area contributed by atoms with Gasteiger partial charge in [0.15, 0.2) is 22.4 Å². The van der Waals surface area contributed by atoms with Crippen molar-refractivity contribution in [3.8, 4) is 0 Å². The van der Waals surface area contributed by atoms with E-state index in [1.54, 1.807) is 0 Å². The van der Waals surface area contributed by atoms with E-state index in [4.69, 9.17) is 13.6 Å². The van der Waals surface area contributed by atoms with Gasteiger partial charge in [0.2, 0.25) is 0 Å². The van der Waals surface area contributed by atoms with Crippen molar-refractivity contribution in [3.63, 3.8) is 0 Å². The van der Waals surface area contributed by atoms with Gasteiger partial charge in [-0.25, -0.2) is 0 Å². The average Bonchev–Trinajstić information content (AvgIpc) is 3.09. The van der Waals surface area contributed by atoms with Gasteiger partial charge in [-0.15, -0.1) is 6.58 Å². The molecule has 3 aliphatic rings. The maximum absolute atomic E-state index is 14.6. The summed E-state index contributed by atoms with van der Waals surface area (Å²) in [6.07, 6.45) is 3.89. The highest BCUT2D eigenvalue weighted by Gasteiger charge is 2.64. The minimum atomic E-state index is -2.13. The van der Waals surface area contributed by atoms with Crippen LogP contribution in [0.2, 0.25) is 36.3 Å². The molecule has 1 saturated carbocycles. The first-order chi connectivity index (χ1) is 18.4. The van der Waals surface area contributed by atoms with Crippen LogP contribution in [0.3, 0.4) is 0 Å². The lowest BCUT2D eigenvalue weighted by molar-refractivity contribution is -0.149. The molecule has 7 heteroatoms. The summed E-state index contributed by atoms with van der Waals surface area (Å²) >= 11 is 0. The Bertz CT molecular complexity index is 1010. The van der Waals surface area contributed by atoms with E-state index in [0.717, 1.165) is 24.6 Å². The van der Waals surface area contributed by atoms with E-state index in [2.05, 4.69) is 88.9 Å². The summed E-state index contributed by atoms with van der Waals surface area (Å²) in [6.45, 7) is 30.8. The van der Waals surface area contributed by atoms with Crippen LogP contribution in [0.25, 0.3) is 0 Å². The van der Waals surface area contributed by atoms with Crippen molar-refractivity contribution in [1.82, 2.24) is 0 Å². The lowest BCUT2D eigenvalue weighted by Gasteiger charge is -2.53. The number of rotatable bonds is 10. The maximum atomic E-state index is 14.6. The third-order valence-electron chi connectivity index (χ3n) is 11.6. The van der Waals surface area contributed by atoms with E-state index in [1.165, 1.54) is 11.1 Å². The first-order valence-corrected chi connectivity index (χ1v) is 21.2. The number of esters is 1. The minimum absolute atomic E-state index is 0.0378. The highest BCUT2D eigenvalue weighted by atomic mass is 28.4. The molecule has 2 aliphatic carbocycles. The quantitative estimate of drug-likeness (QED) is 0.110. The van der Waals surface area contributed by atoms with Gasteiger partial charge >= 0.3 is 5.97 Å². The fourth-order valence-electron chi connectivity index (χ4n) is 7.62. The third-order valence-corrected chi connectivity index (χ3v) is 20.7. The molecule has 0 radical (unpaired) electrons. The first-order valence-electron chi connectivity index (χ1n) is 15.8. The summed E-state index contributed by atoms with van der Waals surface area (Å²) in [5.74, 6) is -1.41. The Hall–Kier alpha value is -1.03. The molecule has 0 unspecified atom stereocenters. The Morgan fingerprint density at radius 3 is 2.10 bits per heavy atom. The molecule has 3 rings (SSSR count). The molecule has 5 nitrogen and oxygen atoms in total. The molecule has 2 bridgehead atoms. The number of Topliss-reactive ketones (excluding diaryl/α,β-unsaturated/α-hetero) is 1. The largest absolute Gasteiger partial charge is 0.461 e. The highest BCUT2D eigenvalue weighted by molar-refractivity contribution is 6.74. The molecule has 6 atom stereocenters. The number of ketones is 1. The summed E-state index contributed by atoms with van der Waals surface area (Å²) in [6, 6.07) is 3.14. The van der Waals surface area contributed by atoms with Crippen LogP contribution in [0.5, 0.6) is 0 Å². The molecule has 1 saturated heterocycles. The van der Waals surface area contributed by atoms with E-state index >= 15 is 0 Å². The van der Waals surface area contributed by atoms with Crippen LogP contribution in [0.15, 0.2) is 23.8 Å². The molecule has 0 N–H and O–H groups in total. The number of cyclic esters (lactones) is 1. The summed E-state index contributed by atoms with van der Waals surface area (Å²) in [5.41, 5.74) is 1.43. The molecule has 1 heterocycles. The second kappa shape index (κ2) is 11.6. The fraction of sp³-hybridized carbons (Fsp3) is 0.818. The third kappa shape index (κ3) is 5.66. The van der Waals surface area contributed by atoms with Crippen LogP contribution in [-0.2, 0) is 23.2 Å². The molecule has 2 fully saturated rings. The molecule has 40 heavy (non-hydrogen) atoms. The molecule has 0 aromatic carbocycles. The lowest BCUT2D eigenvalue weighted by atomic mass is 9.54. The molecule has 228 valence electrons. The molecule has 1 aliphatic heterocycles. The van der Waals surface area contributed by atoms with Gasteiger partial charge in [0.25, 0.3) is 0 Å². The summed E-state index contributed by atoms with van der Waals surface area (Å²) in [7, 11) is -4.17. The number of fused-ring (bicyclic) bond motifs is 3. The second-order valence-electron chi connectivity index (χ2n) is 15.2. The Morgan fingerprint density at radius 1 is 1.02 bits per heavy atom. The molecule has 0 spiro atoms. The van der Waals surface area contributed by atoms with Crippen molar-refractivity contribution < 1.29 is 23.2 Å². The second-order valence-corrected chi connectivity index (χ2v) is 24.6. The number of carbonyl (C=O) groups excluding carboxylic acids is 2. The zero-order valence-electron chi connectivity index (χ0n) is 27.7. The lowest BCUT2D eigenvalue weighted by Crippen LogP contribution is -2.57. The normalized spacial score (nSPS) is 32.9. The van der Waals surface area contributed by atoms with E-state index < -0.39 is 33.4 Å². The van der Waals surface area contributed by atoms with Gasteiger partial charge in [0.05, 0.1) is 12.2 Å². The summed E-state index contributed by atoms with van der Waals surface area (Å²) < 4.78 is 20.6. The van der Waals surface area contributed by atoms with Gasteiger partial charge in [-0.1, -0.05) is 68.4 Å². The van der Waals surface area contributed by atoms with Crippen LogP contribution < -0.4 is 0 Å². The minimum Gasteiger partial charge on any atom is -0.461 e. The molecular formula is C33H58O5Si2. The maximum Gasteiger partial charge on any atom is 0.317 e. The predicted molar refractivity (Wildman–Crippen MR) is 169 cm³/mol. The van der Waals surface area contributed by atoms with E-state index in [-0.39, 0.29) is 41.0 Å². The number of carbonyl (C=O) groups is 2. The van der Waals surface area contributed by atoms with Gasteiger partial charge in [0.1, 0.15) is 12.0 Å². The van der Waals surface area contributed by atoms with Gasteiger partial charge < -0.3 is 13.6 Å². The van der Waals surface area contributed by atoms with Crippen molar-refractivity contribution in [2.45, 2.75) is 149 Å². The topological polar surface area (TPSA) is 61.8 Å². The van der Waals surface area contributed by atoms with Gasteiger partial charge in [-0.2, -0.15) is 0 Å². The number of ether oxygens (including phenoxy) is 1. The van der Waals surface area contributed by atoms with Gasteiger partial charge in [-0.05, 0) is 85.4 Å². The molecule has 0 aromatic rings. The fourth-order valence-corrected chi connectivity index (χ4v) is 11.8. The van der Waals surface area contributed by atoms with Crippen LogP contribution in [0.1, 0.15) is 94.9 Å². The predicted octanol–water partition coefficient (Wildman–Crippen LogP) is 8.62. The Labute approximate surface area is 247 Å². The first kappa shape index (κ1) is 33.5. The average molecular weight is 591 g/mol. The van der Waals surface area contributed by atoms with Crippen molar-refractivity contribution in [2.24, 2.45) is 22.7 Å². The smallest absolute Gasteiger partial charge is 0.317 e. The monoisotopic (exact) mass is 590 g/mol. The summed E-state index contributed by atoms with van der Waals surface area (Å²) in [5, 5.41) is 0.0494. The van der Waals surface area contributed by atoms with E-state index in [9.17, 15) is 9.59 Å². The summed E-state index contributed by atoms with van der Waals surface area (Å²) in [4.78, 5) is 28.2. The van der Waals surface area contributed by atoms with Crippen molar-refractivity contribution >= 4 is 28.4 Å². The number of hydrogen-bond acceptors (Lipinski definition) is 5. The molecule has 0 amide bonds. The highest BCUT2D eigenvalue weighted by Crippen LogP contribution is 2.58. The van der Waals surface area contributed by atoms with Crippen LogP contribution in [-0.4, -0.2) is 46.7 Å². The van der Waals surface area contributed by atoms with Crippen molar-refractivity contribution in [1.29, 1.82) is 0 Å². The van der Waals surface area contributed by atoms with E-state index in [0.29, 0.717) is 19.3 Å². The van der Waals surface area contributed by atoms with Crippen molar-refractivity contribution in [3.05, 3.63) is 23.8 Å². The van der Waals surface area contributed by atoms with Crippen LogP contribution in [0, 0.1) is 22.7 Å². The molecule has 0 aromatic heterocycles. The number of allylic oxidation sites excluding steroid dienone is 1. The SMILES string of the molecule is C=CCC[C@@H]1OC(=O)[C@@H]2C(=O)[C@@H]3C[C@H](O[Si](C)(C)C(C)(C)C)C(C)=C([C@H](O[Si](CC)(CC)CC)C[C@@]21C)C3(C)C. The zero-order valence-corrected chi connectivity index (χ0v) is 29.7. The molecular weight excluding hydrogens is 533 g/mol. The Balaban J connectivity index is 2.27. The standard InChI is InChI=1S/C33H58O5Si2/c1-14-18-19-26-33(11)21-25(38-40(15-2,16-3)17-4)27-22(5)24(37-39(12,13)31(6,7)8)20-23(32(27,9)10)29(34)28(33)30(35)36-26/h14,23-26,28H,1,15-21H2,2-13H3/t23-,24-,25+,26-,28-,33+/m0/s1. The Kier molecular flexibility index (Phi) is 9.69. The number of hydrogen-bond donors (Lipinski definition) is 0. The van der Waals surface area contributed by atoms with Crippen LogP contribution >= 0.6 is 0 Å². The van der Waals surface area contributed by atoms with Crippen molar-refractivity contribution in [2.75, 3.05) is 0 Å². The van der Waals surface area contributed by atoms with Crippen LogP contribution in [0.4, 0.5) is 0 Å². The van der Waals surface area contributed by atoms with Gasteiger partial charge in [-0.3, -0.25) is 9.59 Å². The van der Waals surface area contributed by atoms with Gasteiger partial charge in [0, 0.05) is 11.3 Å². The Morgan fingerprint density at radius 2 is 1.60 bits per heavy atom. The van der Waals surface area contributed by atoms with E-state index in [1.807, 2.05) is 6.08 Å².